The number of hydrogen-bond donors (Lipinski definition) is 2. The minimum absolute atomic E-state index is 0.166. The van der Waals surface area contributed by atoms with E-state index in [2.05, 4.69) is 0 Å². The highest BCUT2D eigenvalue weighted by molar-refractivity contribution is 5.90. The quantitative estimate of drug-likeness (QED) is 0.551. The fourth-order valence-electron chi connectivity index (χ4n) is 0.808. The van der Waals surface area contributed by atoms with Gasteiger partial charge in [-0.3, -0.25) is 0 Å². The van der Waals surface area contributed by atoms with Gasteiger partial charge in [-0.1, -0.05) is 12.2 Å². The van der Waals surface area contributed by atoms with E-state index in [1.807, 2.05) is 0 Å². The molecule has 0 saturated carbocycles. The van der Waals surface area contributed by atoms with Gasteiger partial charge in [0.05, 0.1) is 11.7 Å². The van der Waals surface area contributed by atoms with Gasteiger partial charge in [0.2, 0.25) is 0 Å². The number of carbonyl (C=O) groups is 1. The van der Waals surface area contributed by atoms with Gasteiger partial charge in [0.25, 0.3) is 0 Å². The van der Waals surface area contributed by atoms with E-state index in [0.717, 1.165) is 0 Å². The lowest BCUT2D eigenvalue weighted by Gasteiger charge is -2.07. The maximum atomic E-state index is 10.3. The van der Waals surface area contributed by atoms with Gasteiger partial charge >= 0.3 is 5.97 Å². The highest BCUT2D eigenvalue weighted by Crippen LogP contribution is 2.09. The number of rotatable bonds is 1. The van der Waals surface area contributed by atoms with Crippen molar-refractivity contribution in [2.24, 2.45) is 0 Å². The number of carboxylic acid groups (broad SMARTS) is 1. The van der Waals surface area contributed by atoms with Gasteiger partial charge in [0.1, 0.15) is 0 Å². The van der Waals surface area contributed by atoms with Crippen LogP contribution in [0, 0.1) is 0 Å². The lowest BCUT2D eigenvalue weighted by molar-refractivity contribution is -0.132. The van der Waals surface area contributed by atoms with Crippen molar-refractivity contribution in [3.63, 3.8) is 0 Å². The van der Waals surface area contributed by atoms with Gasteiger partial charge in [-0.15, -0.1) is 0 Å². The lowest BCUT2D eigenvalue weighted by atomic mass is 10.1. The summed E-state index contributed by atoms with van der Waals surface area (Å²) in [5, 5.41) is 17.4. The first kappa shape index (κ1) is 7.02. The third-order valence-electron chi connectivity index (χ3n) is 1.29. The zero-order chi connectivity index (χ0) is 7.56. The van der Waals surface area contributed by atoms with Gasteiger partial charge in [0.15, 0.2) is 0 Å². The lowest BCUT2D eigenvalue weighted by Crippen LogP contribution is -2.09. The number of aliphatic hydroxyl groups excluding tert-OH is 1. The van der Waals surface area contributed by atoms with Crippen LogP contribution in [0.25, 0.3) is 0 Å². The zero-order valence-corrected chi connectivity index (χ0v) is 5.32. The molecule has 54 valence electrons. The molecule has 2 N–H and O–H groups in total. The molecular weight excluding hydrogens is 132 g/mol. The summed E-state index contributed by atoms with van der Waals surface area (Å²) in [5.74, 6) is -0.991. The van der Waals surface area contributed by atoms with Crippen LogP contribution >= 0.6 is 0 Å². The fourth-order valence-corrected chi connectivity index (χ4v) is 0.808. The first-order valence-corrected chi connectivity index (χ1v) is 3.00. The summed E-state index contributed by atoms with van der Waals surface area (Å²) < 4.78 is 0. The standard InChI is InChI=1S/C7H8O3/c8-6-3-1-2-5(4-6)7(9)10/h1-2,4,6,8H,3H2,(H,9,10). The minimum atomic E-state index is -0.991. The summed E-state index contributed by atoms with van der Waals surface area (Å²) in [6, 6.07) is 0. The molecule has 0 spiro atoms. The van der Waals surface area contributed by atoms with Gasteiger partial charge in [-0.25, -0.2) is 4.79 Å². The second-order valence-electron chi connectivity index (χ2n) is 2.13. The molecule has 0 heterocycles. The second-order valence-corrected chi connectivity index (χ2v) is 2.13. The Kier molecular flexibility index (Phi) is 1.87. The zero-order valence-electron chi connectivity index (χ0n) is 5.32. The molecule has 0 aromatic carbocycles. The summed E-state index contributed by atoms with van der Waals surface area (Å²) in [5.41, 5.74) is 0.166. The molecule has 1 aliphatic rings. The average Bonchev–Trinajstić information content (AvgIpc) is 1.88. The largest absolute Gasteiger partial charge is 0.478 e. The molecule has 0 aliphatic heterocycles. The van der Waals surface area contributed by atoms with Crippen molar-refractivity contribution in [3.05, 3.63) is 23.8 Å². The van der Waals surface area contributed by atoms with E-state index >= 15 is 0 Å². The SMILES string of the molecule is O=C(O)C1=CC(O)CC=C1. The van der Waals surface area contributed by atoms with Crippen LogP contribution in [-0.2, 0) is 4.79 Å². The molecule has 0 aromatic heterocycles. The number of aliphatic hydroxyl groups is 1. The molecule has 0 radical (unpaired) electrons. The highest BCUT2D eigenvalue weighted by Gasteiger charge is 2.09. The summed E-state index contributed by atoms with van der Waals surface area (Å²) in [6.45, 7) is 0. The molecule has 10 heavy (non-hydrogen) atoms. The van der Waals surface area contributed by atoms with E-state index in [9.17, 15) is 4.79 Å². The molecule has 1 rings (SSSR count). The van der Waals surface area contributed by atoms with E-state index in [1.54, 1.807) is 6.08 Å². The molecule has 3 heteroatoms. The van der Waals surface area contributed by atoms with E-state index in [-0.39, 0.29) is 5.57 Å². The molecule has 1 unspecified atom stereocenters. The number of hydrogen-bond acceptors (Lipinski definition) is 2. The molecule has 3 nitrogen and oxygen atoms in total. The minimum Gasteiger partial charge on any atom is -0.478 e. The topological polar surface area (TPSA) is 57.5 Å². The van der Waals surface area contributed by atoms with E-state index in [1.165, 1.54) is 12.2 Å². The van der Waals surface area contributed by atoms with Crippen LogP contribution in [0.15, 0.2) is 23.8 Å². The molecular formula is C7H8O3. The van der Waals surface area contributed by atoms with Gasteiger partial charge in [-0.05, 0) is 12.5 Å². The Labute approximate surface area is 58.3 Å². The van der Waals surface area contributed by atoms with Crippen LogP contribution in [0.2, 0.25) is 0 Å². The highest BCUT2D eigenvalue weighted by atomic mass is 16.4. The van der Waals surface area contributed by atoms with Crippen molar-refractivity contribution in [2.75, 3.05) is 0 Å². The van der Waals surface area contributed by atoms with Crippen LogP contribution in [0.4, 0.5) is 0 Å². The predicted octanol–water partition coefficient (Wildman–Crippen LogP) is 0.318. The van der Waals surface area contributed by atoms with E-state index in [0.29, 0.717) is 6.42 Å². The van der Waals surface area contributed by atoms with Crippen molar-refractivity contribution < 1.29 is 15.0 Å². The van der Waals surface area contributed by atoms with Crippen LogP contribution in [-0.4, -0.2) is 22.3 Å². The van der Waals surface area contributed by atoms with E-state index < -0.39 is 12.1 Å². The summed E-state index contributed by atoms with van der Waals surface area (Å²) >= 11 is 0. The summed E-state index contributed by atoms with van der Waals surface area (Å²) in [7, 11) is 0. The fraction of sp³-hybridized carbons (Fsp3) is 0.286. The molecule has 0 bridgehead atoms. The first-order chi connectivity index (χ1) is 4.70. The average molecular weight is 140 g/mol. The van der Waals surface area contributed by atoms with Gasteiger partial charge in [-0.2, -0.15) is 0 Å². The molecule has 0 aromatic rings. The summed E-state index contributed by atoms with van der Waals surface area (Å²) in [4.78, 5) is 10.3. The number of carboxylic acids is 1. The van der Waals surface area contributed by atoms with Crippen LogP contribution in [0.1, 0.15) is 6.42 Å². The summed E-state index contributed by atoms with van der Waals surface area (Å²) in [6.07, 6.45) is 4.36. The van der Waals surface area contributed by atoms with E-state index in [4.69, 9.17) is 10.2 Å². The predicted molar refractivity (Wildman–Crippen MR) is 35.5 cm³/mol. The Hall–Kier alpha value is -1.09. The molecule has 1 atom stereocenters. The molecule has 0 saturated heterocycles. The van der Waals surface area contributed by atoms with Crippen LogP contribution < -0.4 is 0 Å². The van der Waals surface area contributed by atoms with Crippen molar-refractivity contribution in [1.82, 2.24) is 0 Å². The Morgan fingerprint density at radius 2 is 2.40 bits per heavy atom. The maximum Gasteiger partial charge on any atom is 0.335 e. The third kappa shape index (κ3) is 1.45. The molecule has 0 fully saturated rings. The van der Waals surface area contributed by atoms with Gasteiger partial charge < -0.3 is 10.2 Å². The molecule has 1 aliphatic carbocycles. The smallest absolute Gasteiger partial charge is 0.335 e. The van der Waals surface area contributed by atoms with Gasteiger partial charge in [0, 0.05) is 0 Å². The Morgan fingerprint density at radius 1 is 1.70 bits per heavy atom. The van der Waals surface area contributed by atoms with Crippen molar-refractivity contribution in [2.45, 2.75) is 12.5 Å². The monoisotopic (exact) mass is 140 g/mol. The van der Waals surface area contributed by atoms with Crippen molar-refractivity contribution in [3.8, 4) is 0 Å². The Morgan fingerprint density at radius 3 is 2.80 bits per heavy atom. The third-order valence-corrected chi connectivity index (χ3v) is 1.29. The number of aliphatic carboxylic acids is 1. The molecule has 0 amide bonds. The van der Waals surface area contributed by atoms with Crippen LogP contribution in [0.3, 0.4) is 0 Å². The van der Waals surface area contributed by atoms with Crippen molar-refractivity contribution in [1.29, 1.82) is 0 Å². The first-order valence-electron chi connectivity index (χ1n) is 3.00. The van der Waals surface area contributed by atoms with Crippen molar-refractivity contribution >= 4 is 5.97 Å². The van der Waals surface area contributed by atoms with Crippen LogP contribution in [0.5, 0.6) is 0 Å². The second kappa shape index (κ2) is 2.66. The Bertz CT molecular complexity index is 203. The normalized spacial score (nSPS) is 24.1. The Balaban J connectivity index is 2.76. The maximum absolute atomic E-state index is 10.3.